The van der Waals surface area contributed by atoms with Gasteiger partial charge in [-0.2, -0.15) is 0 Å². The molecule has 0 aliphatic heterocycles. The molecule has 3 N–H and O–H groups in total. The van der Waals surface area contributed by atoms with Gasteiger partial charge in [-0.15, -0.1) is 23.1 Å². The fourth-order valence-corrected chi connectivity index (χ4v) is 6.22. The van der Waals surface area contributed by atoms with Gasteiger partial charge in [0.05, 0.1) is 39.4 Å². The number of ether oxygens (including phenoxy) is 4. The summed E-state index contributed by atoms with van der Waals surface area (Å²) in [6.07, 6.45) is 1.52. The quantitative estimate of drug-likeness (QED) is 0.0747. The van der Waals surface area contributed by atoms with Gasteiger partial charge in [0.15, 0.2) is 16.6 Å². The maximum Gasteiger partial charge on any atom is 0.272 e. The molecule has 262 valence electrons. The Kier molecular flexibility index (Phi) is 12.7. The van der Waals surface area contributed by atoms with Gasteiger partial charge in [-0.3, -0.25) is 14.4 Å². The van der Waals surface area contributed by atoms with Gasteiger partial charge in [-0.05, 0) is 91.4 Å². The molecule has 0 saturated heterocycles. The number of nitrogens with zero attached hydrogens (tertiary/aromatic N) is 1. The third-order valence-corrected chi connectivity index (χ3v) is 8.99. The lowest BCUT2D eigenvalue weighted by Gasteiger charge is -2.15. The fraction of sp³-hybridized carbons (Fsp3) is 0.158. The lowest BCUT2D eigenvalue weighted by molar-refractivity contribution is -0.114. The molecule has 0 spiro atoms. The summed E-state index contributed by atoms with van der Waals surface area (Å²) in [6, 6.07) is 26.6. The number of hydrogen-bond acceptors (Lipinski definition) is 10. The van der Waals surface area contributed by atoms with Crippen LogP contribution in [0.5, 0.6) is 23.0 Å². The predicted octanol–water partition coefficient (Wildman–Crippen LogP) is 7.38. The number of aromatic nitrogens is 1. The summed E-state index contributed by atoms with van der Waals surface area (Å²) in [7, 11) is 4.48. The second-order valence-electron chi connectivity index (χ2n) is 10.6. The van der Waals surface area contributed by atoms with E-state index in [2.05, 4.69) is 20.9 Å². The molecule has 1 heterocycles. The Hall–Kier alpha value is -5.79. The molecule has 5 rings (SSSR count). The van der Waals surface area contributed by atoms with E-state index in [1.54, 1.807) is 66.7 Å². The van der Waals surface area contributed by atoms with Gasteiger partial charge in [-0.25, -0.2) is 4.98 Å². The van der Waals surface area contributed by atoms with E-state index in [4.69, 9.17) is 18.9 Å². The van der Waals surface area contributed by atoms with Crippen LogP contribution < -0.4 is 34.9 Å². The molecule has 0 aliphatic carbocycles. The minimum atomic E-state index is -0.555. The van der Waals surface area contributed by atoms with Crippen molar-refractivity contribution >= 4 is 57.7 Å². The highest BCUT2D eigenvalue weighted by atomic mass is 32.2. The summed E-state index contributed by atoms with van der Waals surface area (Å²) < 4.78 is 21.8. The standard InChI is InChI=1S/C38H36N4O7S2/c1-5-49-28-15-11-25(12-16-28)31-22-51-38(41-31)42-34(43)23-50-29-17-13-27(14-18-29)39-37(45)30(40-36(44)26-9-7-6-8-10-26)19-24-20-32(46-2)35(48-4)33(21-24)47-3/h6-22H,5,23H2,1-4H3,(H,39,45)(H,40,44)(H,41,42,43)/b30-19-. The lowest BCUT2D eigenvalue weighted by atomic mass is 10.1. The largest absolute Gasteiger partial charge is 0.494 e. The topological polar surface area (TPSA) is 137 Å². The number of rotatable bonds is 15. The molecule has 11 nitrogen and oxygen atoms in total. The van der Waals surface area contributed by atoms with Crippen molar-refractivity contribution in [3.05, 3.63) is 113 Å². The van der Waals surface area contributed by atoms with Gasteiger partial charge in [0.2, 0.25) is 11.7 Å². The molecule has 0 atom stereocenters. The van der Waals surface area contributed by atoms with E-state index >= 15 is 0 Å². The van der Waals surface area contributed by atoms with Crippen molar-refractivity contribution in [2.75, 3.05) is 44.3 Å². The molecule has 3 amide bonds. The maximum atomic E-state index is 13.6. The highest BCUT2D eigenvalue weighted by Crippen LogP contribution is 2.38. The van der Waals surface area contributed by atoms with Gasteiger partial charge in [0, 0.05) is 27.1 Å². The third-order valence-electron chi connectivity index (χ3n) is 7.22. The maximum absolute atomic E-state index is 13.6. The molecule has 0 bridgehead atoms. The minimum absolute atomic E-state index is 0.0129. The van der Waals surface area contributed by atoms with Crippen LogP contribution in [0.15, 0.2) is 107 Å². The zero-order valence-corrected chi connectivity index (χ0v) is 30.0. The van der Waals surface area contributed by atoms with E-state index in [1.807, 2.05) is 36.6 Å². The van der Waals surface area contributed by atoms with E-state index in [1.165, 1.54) is 50.5 Å². The summed E-state index contributed by atoms with van der Waals surface area (Å²) >= 11 is 2.70. The zero-order valence-electron chi connectivity index (χ0n) is 28.4. The molecule has 0 fully saturated rings. The number of thiazole rings is 1. The molecule has 4 aromatic carbocycles. The minimum Gasteiger partial charge on any atom is -0.494 e. The summed E-state index contributed by atoms with van der Waals surface area (Å²) in [6.45, 7) is 2.53. The number of methoxy groups -OCH3 is 3. The highest BCUT2D eigenvalue weighted by Gasteiger charge is 2.18. The predicted molar refractivity (Wildman–Crippen MR) is 201 cm³/mol. The first-order chi connectivity index (χ1) is 24.8. The van der Waals surface area contributed by atoms with E-state index in [-0.39, 0.29) is 17.4 Å². The third kappa shape index (κ3) is 9.90. The Morgan fingerprint density at radius 1 is 0.843 bits per heavy atom. The SMILES string of the molecule is CCOc1ccc(-c2csc(NC(=O)CSc3ccc(NC(=O)/C(=C/c4cc(OC)c(OC)c(OC)c4)NC(=O)c4ccccc4)cc3)n2)cc1. The molecule has 0 radical (unpaired) electrons. The number of thioether (sulfide) groups is 1. The number of anilines is 2. The fourth-order valence-electron chi connectivity index (χ4n) is 4.78. The second-order valence-corrected chi connectivity index (χ2v) is 12.6. The zero-order chi connectivity index (χ0) is 36.2. The van der Waals surface area contributed by atoms with Crippen molar-refractivity contribution in [3.63, 3.8) is 0 Å². The number of nitrogens with one attached hydrogen (secondary N) is 3. The average molecular weight is 725 g/mol. The van der Waals surface area contributed by atoms with Crippen LogP contribution in [0.2, 0.25) is 0 Å². The first-order valence-electron chi connectivity index (χ1n) is 15.7. The molecule has 1 aromatic heterocycles. The van der Waals surface area contributed by atoms with Crippen LogP contribution in [0.3, 0.4) is 0 Å². The first kappa shape index (κ1) is 36.5. The van der Waals surface area contributed by atoms with Crippen LogP contribution in [0.25, 0.3) is 17.3 Å². The normalized spacial score (nSPS) is 10.9. The molecule has 0 aliphatic rings. The molecular formula is C38H36N4O7S2. The first-order valence-corrected chi connectivity index (χ1v) is 17.6. The van der Waals surface area contributed by atoms with Gasteiger partial charge in [0.25, 0.3) is 11.8 Å². The average Bonchev–Trinajstić information content (AvgIpc) is 3.62. The van der Waals surface area contributed by atoms with Crippen molar-refractivity contribution < 1.29 is 33.3 Å². The number of amides is 3. The van der Waals surface area contributed by atoms with Gasteiger partial charge in [0.1, 0.15) is 11.4 Å². The number of hydrogen-bond donors (Lipinski definition) is 3. The van der Waals surface area contributed by atoms with Crippen molar-refractivity contribution in [1.82, 2.24) is 10.3 Å². The van der Waals surface area contributed by atoms with Crippen LogP contribution in [0.1, 0.15) is 22.8 Å². The van der Waals surface area contributed by atoms with Crippen LogP contribution >= 0.6 is 23.1 Å². The molecule has 5 aromatic rings. The van der Waals surface area contributed by atoms with Crippen molar-refractivity contribution in [1.29, 1.82) is 0 Å². The summed E-state index contributed by atoms with van der Waals surface area (Å²) in [5, 5.41) is 10.8. The lowest BCUT2D eigenvalue weighted by Crippen LogP contribution is -2.30. The Morgan fingerprint density at radius 3 is 2.16 bits per heavy atom. The van der Waals surface area contributed by atoms with E-state index in [0.29, 0.717) is 45.8 Å². The summed E-state index contributed by atoms with van der Waals surface area (Å²) in [4.78, 5) is 44.7. The smallest absolute Gasteiger partial charge is 0.272 e. The van der Waals surface area contributed by atoms with Crippen molar-refractivity contribution in [2.24, 2.45) is 0 Å². The molecular weight excluding hydrogens is 689 g/mol. The van der Waals surface area contributed by atoms with Gasteiger partial charge in [-0.1, -0.05) is 18.2 Å². The second kappa shape index (κ2) is 17.7. The van der Waals surface area contributed by atoms with E-state index in [0.717, 1.165) is 21.9 Å². The molecule has 13 heteroatoms. The Balaban J connectivity index is 1.23. The molecule has 0 saturated carbocycles. The van der Waals surface area contributed by atoms with Gasteiger partial charge < -0.3 is 34.9 Å². The van der Waals surface area contributed by atoms with Crippen LogP contribution in [0, 0.1) is 0 Å². The van der Waals surface area contributed by atoms with Gasteiger partial charge >= 0.3 is 0 Å². The van der Waals surface area contributed by atoms with E-state index in [9.17, 15) is 14.4 Å². The van der Waals surface area contributed by atoms with Crippen molar-refractivity contribution in [2.45, 2.75) is 11.8 Å². The summed E-state index contributed by atoms with van der Waals surface area (Å²) in [5.74, 6) is 0.916. The van der Waals surface area contributed by atoms with Crippen LogP contribution in [0.4, 0.5) is 10.8 Å². The monoisotopic (exact) mass is 724 g/mol. The Morgan fingerprint density at radius 2 is 1.53 bits per heavy atom. The number of carbonyl (C=O) groups excluding carboxylic acids is 3. The highest BCUT2D eigenvalue weighted by molar-refractivity contribution is 8.00. The van der Waals surface area contributed by atoms with Crippen molar-refractivity contribution in [3.8, 4) is 34.3 Å². The molecule has 51 heavy (non-hydrogen) atoms. The Labute approximate surface area is 304 Å². The summed E-state index contributed by atoms with van der Waals surface area (Å²) in [5.41, 5.74) is 3.08. The van der Waals surface area contributed by atoms with E-state index < -0.39 is 11.8 Å². The Bertz CT molecular complexity index is 1970. The number of carbonyl (C=O) groups is 3. The molecule has 0 unspecified atom stereocenters. The number of benzene rings is 4. The van der Waals surface area contributed by atoms with Crippen LogP contribution in [-0.2, 0) is 9.59 Å². The van der Waals surface area contributed by atoms with Crippen LogP contribution in [-0.4, -0.2) is 56.4 Å².